The van der Waals surface area contributed by atoms with Crippen molar-refractivity contribution in [2.75, 3.05) is 13.1 Å². The van der Waals surface area contributed by atoms with Gasteiger partial charge in [0.2, 0.25) is 0 Å². The second-order valence-electron chi connectivity index (χ2n) is 6.47. The summed E-state index contributed by atoms with van der Waals surface area (Å²) < 4.78 is 0. The van der Waals surface area contributed by atoms with E-state index in [1.165, 1.54) is 44.3 Å². The smallest absolute Gasteiger partial charge is 0.0221 e. The van der Waals surface area contributed by atoms with Crippen LogP contribution in [0.3, 0.4) is 0 Å². The van der Waals surface area contributed by atoms with E-state index in [9.17, 15) is 0 Å². The fourth-order valence-electron chi connectivity index (χ4n) is 3.82. The van der Waals surface area contributed by atoms with Crippen LogP contribution in [0, 0.1) is 0 Å². The van der Waals surface area contributed by atoms with Gasteiger partial charge in [0, 0.05) is 37.1 Å². The summed E-state index contributed by atoms with van der Waals surface area (Å²) in [6, 6.07) is 13.3. The highest BCUT2D eigenvalue weighted by molar-refractivity contribution is 5.28. The molecule has 3 rings (SSSR count). The van der Waals surface area contributed by atoms with Crippen molar-refractivity contribution in [2.24, 2.45) is 0 Å². The van der Waals surface area contributed by atoms with Crippen molar-refractivity contribution in [3.05, 3.63) is 35.9 Å². The number of hydrogen-bond acceptors (Lipinski definition) is 2. The van der Waals surface area contributed by atoms with Crippen LogP contribution in [0.15, 0.2) is 30.3 Å². The minimum atomic E-state index is 0.708. The molecule has 110 valence electrons. The summed E-state index contributed by atoms with van der Waals surface area (Å²) in [5, 5.41) is 3.75. The first-order valence-corrected chi connectivity index (χ1v) is 8.37. The average Bonchev–Trinajstić information content (AvgIpc) is 3.29. The van der Waals surface area contributed by atoms with Crippen LogP contribution < -0.4 is 5.32 Å². The Morgan fingerprint density at radius 1 is 1.20 bits per heavy atom. The molecule has 0 aromatic heterocycles. The Hall–Kier alpha value is -0.860. The summed E-state index contributed by atoms with van der Waals surface area (Å²) >= 11 is 0. The van der Waals surface area contributed by atoms with Gasteiger partial charge in [-0.2, -0.15) is 0 Å². The van der Waals surface area contributed by atoms with E-state index in [1.807, 2.05) is 0 Å². The maximum absolute atomic E-state index is 3.75. The SMILES string of the molecule is CCCC1CN(C2CC2c2ccccc2)C(CC)CN1. The fourth-order valence-corrected chi connectivity index (χ4v) is 3.82. The third-order valence-corrected chi connectivity index (χ3v) is 5.06. The molecule has 1 aliphatic heterocycles. The molecule has 1 aromatic carbocycles. The zero-order valence-electron chi connectivity index (χ0n) is 12.9. The number of hydrogen-bond donors (Lipinski definition) is 1. The maximum Gasteiger partial charge on any atom is 0.0221 e. The number of rotatable bonds is 5. The van der Waals surface area contributed by atoms with Crippen LogP contribution in [-0.4, -0.2) is 36.1 Å². The molecular weight excluding hydrogens is 244 g/mol. The van der Waals surface area contributed by atoms with Crippen LogP contribution in [-0.2, 0) is 0 Å². The van der Waals surface area contributed by atoms with Crippen molar-refractivity contribution in [1.82, 2.24) is 10.2 Å². The Morgan fingerprint density at radius 3 is 2.70 bits per heavy atom. The van der Waals surface area contributed by atoms with E-state index in [1.54, 1.807) is 0 Å². The zero-order chi connectivity index (χ0) is 13.9. The predicted octanol–water partition coefficient (Wildman–Crippen LogP) is 3.40. The molecule has 0 amide bonds. The highest BCUT2D eigenvalue weighted by atomic mass is 15.3. The summed E-state index contributed by atoms with van der Waals surface area (Å²) in [4.78, 5) is 2.81. The van der Waals surface area contributed by atoms with E-state index in [2.05, 4.69) is 54.4 Å². The van der Waals surface area contributed by atoms with Crippen LogP contribution in [0.5, 0.6) is 0 Å². The molecule has 20 heavy (non-hydrogen) atoms. The van der Waals surface area contributed by atoms with Gasteiger partial charge >= 0.3 is 0 Å². The van der Waals surface area contributed by atoms with E-state index in [0.717, 1.165) is 18.0 Å². The Balaban J connectivity index is 1.65. The number of nitrogens with zero attached hydrogens (tertiary/aromatic N) is 1. The lowest BCUT2D eigenvalue weighted by Crippen LogP contribution is -2.57. The highest BCUT2D eigenvalue weighted by Crippen LogP contribution is 2.46. The molecule has 1 saturated carbocycles. The molecule has 1 saturated heterocycles. The van der Waals surface area contributed by atoms with Crippen molar-refractivity contribution in [2.45, 2.75) is 63.6 Å². The summed E-state index contributed by atoms with van der Waals surface area (Å²) in [7, 11) is 0. The Bertz CT molecular complexity index is 417. The quantitative estimate of drug-likeness (QED) is 0.884. The molecule has 1 aliphatic carbocycles. The van der Waals surface area contributed by atoms with E-state index in [0.29, 0.717) is 6.04 Å². The summed E-state index contributed by atoms with van der Waals surface area (Å²) in [6.07, 6.45) is 5.23. The van der Waals surface area contributed by atoms with Crippen molar-refractivity contribution < 1.29 is 0 Å². The first kappa shape index (κ1) is 14.1. The van der Waals surface area contributed by atoms with Gasteiger partial charge in [0.25, 0.3) is 0 Å². The topological polar surface area (TPSA) is 15.3 Å². The lowest BCUT2D eigenvalue weighted by Gasteiger charge is -2.40. The van der Waals surface area contributed by atoms with E-state index >= 15 is 0 Å². The fraction of sp³-hybridized carbons (Fsp3) is 0.667. The Kier molecular flexibility index (Phi) is 4.42. The van der Waals surface area contributed by atoms with Crippen molar-refractivity contribution in [3.63, 3.8) is 0 Å². The van der Waals surface area contributed by atoms with Gasteiger partial charge in [-0.15, -0.1) is 0 Å². The number of benzene rings is 1. The monoisotopic (exact) mass is 272 g/mol. The molecule has 1 N–H and O–H groups in total. The van der Waals surface area contributed by atoms with Gasteiger partial charge in [-0.3, -0.25) is 4.90 Å². The second kappa shape index (κ2) is 6.28. The van der Waals surface area contributed by atoms with Gasteiger partial charge in [0.1, 0.15) is 0 Å². The summed E-state index contributed by atoms with van der Waals surface area (Å²) in [5.41, 5.74) is 1.54. The molecule has 2 fully saturated rings. The van der Waals surface area contributed by atoms with Crippen molar-refractivity contribution in [1.29, 1.82) is 0 Å². The van der Waals surface area contributed by atoms with Crippen LogP contribution >= 0.6 is 0 Å². The first-order chi connectivity index (χ1) is 9.83. The number of nitrogens with one attached hydrogen (secondary N) is 1. The molecule has 2 heteroatoms. The van der Waals surface area contributed by atoms with E-state index in [4.69, 9.17) is 0 Å². The van der Waals surface area contributed by atoms with Crippen molar-refractivity contribution in [3.8, 4) is 0 Å². The molecule has 4 atom stereocenters. The second-order valence-corrected chi connectivity index (χ2v) is 6.47. The molecule has 1 aromatic rings. The Morgan fingerprint density at radius 2 is 2.00 bits per heavy atom. The minimum absolute atomic E-state index is 0.708. The van der Waals surface area contributed by atoms with Crippen molar-refractivity contribution >= 4 is 0 Å². The Labute approximate surface area is 123 Å². The summed E-state index contributed by atoms with van der Waals surface area (Å²) in [6.45, 7) is 7.06. The van der Waals surface area contributed by atoms with Gasteiger partial charge < -0.3 is 5.32 Å². The predicted molar refractivity (Wildman–Crippen MR) is 85.1 cm³/mol. The lowest BCUT2D eigenvalue weighted by atomic mass is 10.0. The normalized spacial score (nSPS) is 34.1. The molecule has 0 spiro atoms. The van der Waals surface area contributed by atoms with Gasteiger partial charge in [0.15, 0.2) is 0 Å². The van der Waals surface area contributed by atoms with Gasteiger partial charge in [-0.05, 0) is 24.8 Å². The third-order valence-electron chi connectivity index (χ3n) is 5.06. The summed E-state index contributed by atoms with van der Waals surface area (Å²) in [5.74, 6) is 0.783. The molecular formula is C18H28N2. The highest BCUT2D eigenvalue weighted by Gasteiger charge is 2.46. The molecule has 2 aliphatic rings. The molecule has 4 unspecified atom stereocenters. The zero-order valence-corrected chi connectivity index (χ0v) is 12.9. The van der Waals surface area contributed by atoms with Crippen LogP contribution in [0.2, 0.25) is 0 Å². The van der Waals surface area contributed by atoms with E-state index < -0.39 is 0 Å². The average molecular weight is 272 g/mol. The molecule has 2 nitrogen and oxygen atoms in total. The van der Waals surface area contributed by atoms with Gasteiger partial charge in [-0.25, -0.2) is 0 Å². The van der Waals surface area contributed by atoms with Gasteiger partial charge in [-0.1, -0.05) is 50.6 Å². The van der Waals surface area contributed by atoms with Crippen LogP contribution in [0.25, 0.3) is 0 Å². The first-order valence-electron chi connectivity index (χ1n) is 8.37. The van der Waals surface area contributed by atoms with Crippen LogP contribution in [0.1, 0.15) is 51.0 Å². The largest absolute Gasteiger partial charge is 0.311 e. The third kappa shape index (κ3) is 2.91. The molecule has 0 bridgehead atoms. The van der Waals surface area contributed by atoms with Crippen LogP contribution in [0.4, 0.5) is 0 Å². The standard InChI is InChI=1S/C18H28N2/c1-3-8-15-13-20(16(4-2)12-19-15)18-11-17(18)14-9-6-5-7-10-14/h5-7,9-10,15-19H,3-4,8,11-13H2,1-2H3. The molecule has 0 radical (unpaired) electrons. The minimum Gasteiger partial charge on any atom is -0.311 e. The molecule has 1 heterocycles. The van der Waals surface area contributed by atoms with Gasteiger partial charge in [0.05, 0.1) is 0 Å². The maximum atomic E-state index is 3.75. The lowest BCUT2D eigenvalue weighted by molar-refractivity contribution is 0.112. The number of piperazine rings is 1. The van der Waals surface area contributed by atoms with E-state index in [-0.39, 0.29) is 0 Å².